The molecule has 72 valence electrons. The fraction of sp³-hybridized carbons (Fsp3) is 0.500. The smallest absolute Gasteiger partial charge is 0.272 e. The molecule has 0 bridgehead atoms. The highest BCUT2D eigenvalue weighted by Crippen LogP contribution is 2.08. The first-order chi connectivity index (χ1) is 6.15. The summed E-state index contributed by atoms with van der Waals surface area (Å²) in [5.41, 5.74) is 0.511. The third-order valence-electron chi connectivity index (χ3n) is 1.53. The van der Waals surface area contributed by atoms with Gasteiger partial charge in [-0.2, -0.15) is 5.10 Å². The van der Waals surface area contributed by atoms with E-state index in [1.54, 1.807) is 11.7 Å². The number of aryl methyl sites for hydroxylation is 1. The number of carbonyl (C=O) groups is 1. The minimum Gasteiger partial charge on any atom is -0.351 e. The number of nitrogens with zero attached hydrogens (tertiary/aromatic N) is 2. The zero-order chi connectivity index (χ0) is 9.84. The molecule has 0 aliphatic carbocycles. The topological polar surface area (TPSA) is 46.9 Å². The van der Waals surface area contributed by atoms with Crippen LogP contribution in [0.5, 0.6) is 0 Å². The second kappa shape index (κ2) is 4.59. The maximum atomic E-state index is 11.4. The summed E-state index contributed by atoms with van der Waals surface area (Å²) in [4.78, 5) is 11.4. The quantitative estimate of drug-likeness (QED) is 0.850. The maximum Gasteiger partial charge on any atom is 0.272 e. The van der Waals surface area contributed by atoms with Crippen LogP contribution in [0.1, 0.15) is 23.8 Å². The third-order valence-corrected chi connectivity index (χ3v) is 2.32. The summed E-state index contributed by atoms with van der Waals surface area (Å²) in [6.07, 6.45) is 2.76. The molecule has 0 unspecified atom stereocenters. The van der Waals surface area contributed by atoms with Crippen molar-refractivity contribution in [1.29, 1.82) is 0 Å². The Kier molecular flexibility index (Phi) is 3.71. The number of aromatic nitrogens is 2. The highest BCUT2D eigenvalue weighted by Gasteiger charge is 2.12. The summed E-state index contributed by atoms with van der Waals surface area (Å²) in [5, 5.41) is 6.84. The predicted molar refractivity (Wildman–Crippen MR) is 58.5 cm³/mol. The summed E-state index contributed by atoms with van der Waals surface area (Å²) < 4.78 is 2.52. The van der Waals surface area contributed by atoms with Gasteiger partial charge in [-0.1, -0.05) is 6.92 Å². The molecule has 0 saturated carbocycles. The fourth-order valence-corrected chi connectivity index (χ4v) is 1.69. The molecule has 1 aromatic rings. The van der Waals surface area contributed by atoms with Crippen LogP contribution in [0, 0.1) is 3.57 Å². The van der Waals surface area contributed by atoms with Gasteiger partial charge in [-0.25, -0.2) is 0 Å². The molecule has 1 N–H and O–H groups in total. The number of carbonyl (C=O) groups excluding carboxylic acids is 1. The van der Waals surface area contributed by atoms with Crippen molar-refractivity contribution in [3.63, 3.8) is 0 Å². The molecule has 0 aliphatic rings. The van der Waals surface area contributed by atoms with E-state index in [2.05, 4.69) is 33.0 Å². The van der Waals surface area contributed by atoms with E-state index in [9.17, 15) is 4.79 Å². The number of halogens is 1. The van der Waals surface area contributed by atoms with Crippen LogP contribution < -0.4 is 5.32 Å². The van der Waals surface area contributed by atoms with Crippen molar-refractivity contribution in [2.45, 2.75) is 13.3 Å². The molecule has 0 fully saturated rings. The summed E-state index contributed by atoms with van der Waals surface area (Å²) in [6.45, 7) is 2.72. The van der Waals surface area contributed by atoms with Crippen molar-refractivity contribution in [3.8, 4) is 0 Å². The van der Waals surface area contributed by atoms with Gasteiger partial charge in [0.1, 0.15) is 0 Å². The Balaban J connectivity index is 2.70. The molecule has 0 radical (unpaired) electrons. The van der Waals surface area contributed by atoms with Crippen LogP contribution in [0.15, 0.2) is 6.20 Å². The minimum absolute atomic E-state index is 0.0909. The first kappa shape index (κ1) is 10.5. The van der Waals surface area contributed by atoms with Gasteiger partial charge in [-0.05, 0) is 29.0 Å². The molecule has 0 atom stereocenters. The molecule has 0 spiro atoms. The second-order valence-electron chi connectivity index (χ2n) is 2.76. The Morgan fingerprint density at radius 2 is 2.46 bits per heavy atom. The summed E-state index contributed by atoms with van der Waals surface area (Å²) >= 11 is 2.10. The van der Waals surface area contributed by atoms with Gasteiger partial charge in [0.2, 0.25) is 0 Å². The lowest BCUT2D eigenvalue weighted by molar-refractivity contribution is 0.0947. The van der Waals surface area contributed by atoms with E-state index in [0.717, 1.165) is 9.99 Å². The molecule has 1 aromatic heterocycles. The largest absolute Gasteiger partial charge is 0.351 e. The Bertz CT molecular complexity index is 308. The van der Waals surface area contributed by atoms with Crippen LogP contribution in [0.4, 0.5) is 0 Å². The predicted octanol–water partition coefficient (Wildman–Crippen LogP) is 1.16. The first-order valence-corrected chi connectivity index (χ1v) is 5.20. The molecule has 1 amide bonds. The van der Waals surface area contributed by atoms with Gasteiger partial charge in [0.05, 0.1) is 3.57 Å². The molecular weight excluding hydrogens is 281 g/mol. The number of nitrogens with one attached hydrogen (secondary N) is 1. The van der Waals surface area contributed by atoms with E-state index in [0.29, 0.717) is 12.2 Å². The van der Waals surface area contributed by atoms with E-state index in [4.69, 9.17) is 0 Å². The van der Waals surface area contributed by atoms with Crippen molar-refractivity contribution >= 4 is 28.5 Å². The summed E-state index contributed by atoms with van der Waals surface area (Å²) in [6, 6.07) is 0. The van der Waals surface area contributed by atoms with E-state index in [-0.39, 0.29) is 5.91 Å². The SMILES string of the molecule is CCCNC(=O)c1nn(C)cc1I. The molecule has 1 rings (SSSR count). The van der Waals surface area contributed by atoms with Crippen LogP contribution in [0.2, 0.25) is 0 Å². The Morgan fingerprint density at radius 3 is 2.92 bits per heavy atom. The average Bonchev–Trinajstić information content (AvgIpc) is 2.41. The minimum atomic E-state index is -0.0909. The van der Waals surface area contributed by atoms with E-state index < -0.39 is 0 Å². The van der Waals surface area contributed by atoms with E-state index >= 15 is 0 Å². The lowest BCUT2D eigenvalue weighted by atomic mass is 10.4. The van der Waals surface area contributed by atoms with Crippen LogP contribution >= 0.6 is 22.6 Å². The Morgan fingerprint density at radius 1 is 1.77 bits per heavy atom. The number of hydrogen-bond acceptors (Lipinski definition) is 2. The van der Waals surface area contributed by atoms with Gasteiger partial charge < -0.3 is 5.32 Å². The number of rotatable bonds is 3. The van der Waals surface area contributed by atoms with Gasteiger partial charge in [0.25, 0.3) is 5.91 Å². The molecule has 0 aliphatic heterocycles. The first-order valence-electron chi connectivity index (χ1n) is 4.12. The van der Waals surface area contributed by atoms with Crippen molar-refractivity contribution < 1.29 is 4.79 Å². The Hall–Kier alpha value is -0.590. The molecule has 5 heteroatoms. The van der Waals surface area contributed by atoms with E-state index in [1.807, 2.05) is 13.1 Å². The van der Waals surface area contributed by atoms with Gasteiger partial charge in [0.15, 0.2) is 5.69 Å². The van der Waals surface area contributed by atoms with Crippen LogP contribution in [0.25, 0.3) is 0 Å². The summed E-state index contributed by atoms with van der Waals surface area (Å²) in [5.74, 6) is -0.0909. The van der Waals surface area contributed by atoms with Crippen molar-refractivity contribution in [3.05, 3.63) is 15.5 Å². The maximum absolute atomic E-state index is 11.4. The van der Waals surface area contributed by atoms with Crippen LogP contribution in [0.3, 0.4) is 0 Å². The van der Waals surface area contributed by atoms with Crippen LogP contribution in [-0.2, 0) is 7.05 Å². The summed E-state index contributed by atoms with van der Waals surface area (Å²) in [7, 11) is 1.80. The van der Waals surface area contributed by atoms with Gasteiger partial charge in [0, 0.05) is 19.8 Å². The normalized spacial score (nSPS) is 10.1. The number of amides is 1. The lowest BCUT2D eigenvalue weighted by Crippen LogP contribution is -2.25. The number of hydrogen-bond donors (Lipinski definition) is 1. The van der Waals surface area contributed by atoms with Gasteiger partial charge >= 0.3 is 0 Å². The van der Waals surface area contributed by atoms with Crippen molar-refractivity contribution in [2.75, 3.05) is 6.54 Å². The monoisotopic (exact) mass is 293 g/mol. The highest BCUT2D eigenvalue weighted by molar-refractivity contribution is 14.1. The molecule has 1 heterocycles. The zero-order valence-corrected chi connectivity index (χ0v) is 9.83. The third kappa shape index (κ3) is 2.68. The van der Waals surface area contributed by atoms with E-state index in [1.165, 1.54) is 0 Å². The average molecular weight is 293 g/mol. The van der Waals surface area contributed by atoms with Gasteiger partial charge in [-0.15, -0.1) is 0 Å². The highest BCUT2D eigenvalue weighted by atomic mass is 127. The Labute approximate surface area is 90.8 Å². The fourth-order valence-electron chi connectivity index (χ4n) is 0.936. The molecule has 0 aromatic carbocycles. The zero-order valence-electron chi connectivity index (χ0n) is 7.67. The standard InChI is InChI=1S/C8H12IN3O/c1-3-4-10-8(13)7-6(9)5-12(2)11-7/h5H,3-4H2,1-2H3,(H,10,13). The van der Waals surface area contributed by atoms with Crippen molar-refractivity contribution in [2.24, 2.45) is 7.05 Å². The molecule has 13 heavy (non-hydrogen) atoms. The molecule has 0 saturated heterocycles. The molecular formula is C8H12IN3O. The van der Waals surface area contributed by atoms with Crippen LogP contribution in [-0.4, -0.2) is 22.2 Å². The van der Waals surface area contributed by atoms with Gasteiger partial charge in [-0.3, -0.25) is 9.48 Å². The van der Waals surface area contributed by atoms with Crippen molar-refractivity contribution in [1.82, 2.24) is 15.1 Å². The second-order valence-corrected chi connectivity index (χ2v) is 3.92. The molecule has 4 nitrogen and oxygen atoms in total. The lowest BCUT2D eigenvalue weighted by Gasteiger charge is -1.99.